The Hall–Kier alpha value is -1.90. The van der Waals surface area contributed by atoms with Crippen LogP contribution in [-0.2, 0) is 11.4 Å². The van der Waals surface area contributed by atoms with Gasteiger partial charge in [0.2, 0.25) is 0 Å². The first-order valence-electron chi connectivity index (χ1n) is 8.32. The number of amides is 1. The molecule has 0 heterocycles. The molecule has 0 fully saturated rings. The number of anilines is 2. The molecule has 27 heavy (non-hydrogen) atoms. The lowest BCUT2D eigenvalue weighted by Crippen LogP contribution is -2.23. The van der Waals surface area contributed by atoms with Crippen LogP contribution in [0.15, 0.2) is 71.2 Å². The summed E-state index contributed by atoms with van der Waals surface area (Å²) >= 11 is 5.65. The highest BCUT2D eigenvalue weighted by atomic mass is 127. The Kier molecular flexibility index (Phi) is 6.87. The summed E-state index contributed by atoms with van der Waals surface area (Å²) in [5.41, 5.74) is 7.14. The number of carbonyl (C=O) groups excluding carboxylic acids is 1. The molecular weight excluding hydrogens is 519 g/mol. The van der Waals surface area contributed by atoms with Gasteiger partial charge in [-0.15, -0.1) is 0 Å². The van der Waals surface area contributed by atoms with Gasteiger partial charge in [-0.2, -0.15) is 0 Å². The molecule has 138 valence electrons. The number of aryl methyl sites for hydroxylation is 1. The van der Waals surface area contributed by atoms with Gasteiger partial charge >= 0.3 is 0 Å². The number of para-hydroxylation sites is 1. The lowest BCUT2D eigenvalue weighted by molar-refractivity contribution is 0.0235. The summed E-state index contributed by atoms with van der Waals surface area (Å²) in [6, 6.07) is 21.2. The first-order chi connectivity index (χ1) is 13.0. The molecular formula is C21H18BrIN2O2. The molecule has 0 aliphatic heterocycles. The van der Waals surface area contributed by atoms with Crippen molar-refractivity contribution in [3.8, 4) is 0 Å². The normalized spacial score (nSPS) is 10.5. The molecule has 0 aliphatic rings. The SMILES string of the molecule is Cc1cc(I)ccc1Nc1ccccc1CONC(=O)c1ccc(Br)cc1. The standard InChI is InChI=1S/C21H18BrIN2O2/c1-14-12-18(23)10-11-19(14)24-20-5-3-2-4-16(20)13-27-25-21(26)15-6-8-17(22)9-7-15/h2-12,24H,13H2,1H3,(H,25,26). The minimum atomic E-state index is -0.276. The molecule has 0 radical (unpaired) electrons. The number of hydrogen-bond donors (Lipinski definition) is 2. The van der Waals surface area contributed by atoms with Gasteiger partial charge in [-0.3, -0.25) is 9.63 Å². The summed E-state index contributed by atoms with van der Waals surface area (Å²) in [6.07, 6.45) is 0. The molecule has 0 unspecified atom stereocenters. The van der Waals surface area contributed by atoms with Crippen LogP contribution in [0.1, 0.15) is 21.5 Å². The molecule has 0 bridgehead atoms. The van der Waals surface area contributed by atoms with E-state index in [-0.39, 0.29) is 12.5 Å². The maximum atomic E-state index is 12.1. The second-order valence-electron chi connectivity index (χ2n) is 5.97. The Labute approximate surface area is 180 Å². The second-order valence-corrected chi connectivity index (χ2v) is 8.13. The van der Waals surface area contributed by atoms with Crippen LogP contribution >= 0.6 is 38.5 Å². The molecule has 1 amide bonds. The van der Waals surface area contributed by atoms with E-state index in [9.17, 15) is 4.79 Å². The lowest BCUT2D eigenvalue weighted by Gasteiger charge is -2.14. The van der Waals surface area contributed by atoms with Crippen LogP contribution in [0.3, 0.4) is 0 Å². The van der Waals surface area contributed by atoms with Gasteiger partial charge in [-0.1, -0.05) is 34.1 Å². The minimum absolute atomic E-state index is 0.259. The molecule has 0 saturated heterocycles. The fourth-order valence-electron chi connectivity index (χ4n) is 2.52. The summed E-state index contributed by atoms with van der Waals surface area (Å²) < 4.78 is 2.12. The summed E-state index contributed by atoms with van der Waals surface area (Å²) in [5, 5.41) is 3.44. The molecule has 0 saturated carbocycles. The summed E-state index contributed by atoms with van der Waals surface area (Å²) in [6.45, 7) is 2.33. The lowest BCUT2D eigenvalue weighted by atomic mass is 10.1. The highest BCUT2D eigenvalue weighted by Gasteiger charge is 2.08. The van der Waals surface area contributed by atoms with Crippen LogP contribution in [0.25, 0.3) is 0 Å². The van der Waals surface area contributed by atoms with Crippen molar-refractivity contribution in [3.63, 3.8) is 0 Å². The van der Waals surface area contributed by atoms with Gasteiger partial charge in [0, 0.05) is 30.5 Å². The van der Waals surface area contributed by atoms with Crippen LogP contribution in [0.5, 0.6) is 0 Å². The van der Waals surface area contributed by atoms with Crippen LogP contribution in [0, 0.1) is 10.5 Å². The van der Waals surface area contributed by atoms with E-state index in [1.165, 1.54) is 9.13 Å². The van der Waals surface area contributed by atoms with Crippen molar-refractivity contribution in [1.82, 2.24) is 5.48 Å². The van der Waals surface area contributed by atoms with Crippen molar-refractivity contribution in [2.75, 3.05) is 5.32 Å². The molecule has 3 aromatic carbocycles. The Balaban J connectivity index is 1.64. The largest absolute Gasteiger partial charge is 0.355 e. The van der Waals surface area contributed by atoms with Gasteiger partial charge in [0.25, 0.3) is 5.91 Å². The predicted molar refractivity (Wildman–Crippen MR) is 120 cm³/mol. The molecule has 6 heteroatoms. The van der Waals surface area contributed by atoms with E-state index in [0.29, 0.717) is 5.56 Å². The number of nitrogens with one attached hydrogen (secondary N) is 2. The molecule has 0 aromatic heterocycles. The number of rotatable bonds is 6. The molecule has 4 nitrogen and oxygen atoms in total. The van der Waals surface area contributed by atoms with Gasteiger partial charge < -0.3 is 5.32 Å². The first-order valence-corrected chi connectivity index (χ1v) is 10.2. The van der Waals surface area contributed by atoms with Crippen molar-refractivity contribution >= 4 is 55.8 Å². The summed E-state index contributed by atoms with van der Waals surface area (Å²) in [4.78, 5) is 17.6. The van der Waals surface area contributed by atoms with E-state index in [1.807, 2.05) is 36.4 Å². The van der Waals surface area contributed by atoms with Crippen molar-refractivity contribution in [1.29, 1.82) is 0 Å². The Morgan fingerprint density at radius 2 is 1.78 bits per heavy atom. The Morgan fingerprint density at radius 3 is 2.52 bits per heavy atom. The zero-order chi connectivity index (χ0) is 19.2. The maximum Gasteiger partial charge on any atom is 0.274 e. The molecule has 0 atom stereocenters. The summed E-state index contributed by atoms with van der Waals surface area (Å²) in [7, 11) is 0. The third-order valence-corrected chi connectivity index (χ3v) is 5.17. The van der Waals surface area contributed by atoms with Crippen molar-refractivity contribution in [2.24, 2.45) is 0 Å². The quantitative estimate of drug-likeness (QED) is 0.301. The maximum absolute atomic E-state index is 12.1. The molecule has 3 rings (SSSR count). The third kappa shape index (κ3) is 5.54. The Morgan fingerprint density at radius 1 is 1.04 bits per heavy atom. The minimum Gasteiger partial charge on any atom is -0.355 e. The van der Waals surface area contributed by atoms with Crippen molar-refractivity contribution < 1.29 is 9.63 Å². The average Bonchev–Trinajstić information content (AvgIpc) is 2.65. The smallest absolute Gasteiger partial charge is 0.274 e. The first kappa shape index (κ1) is 19.9. The fraction of sp³-hybridized carbons (Fsp3) is 0.0952. The van der Waals surface area contributed by atoms with E-state index >= 15 is 0 Å². The van der Waals surface area contributed by atoms with Crippen molar-refractivity contribution in [2.45, 2.75) is 13.5 Å². The van der Waals surface area contributed by atoms with Gasteiger partial charge in [0.1, 0.15) is 6.61 Å². The number of hydrogen-bond acceptors (Lipinski definition) is 3. The number of carbonyl (C=O) groups is 1. The second kappa shape index (κ2) is 9.34. The monoisotopic (exact) mass is 536 g/mol. The van der Waals surface area contributed by atoms with Crippen LogP contribution in [0.4, 0.5) is 11.4 Å². The zero-order valence-corrected chi connectivity index (χ0v) is 18.4. The fourth-order valence-corrected chi connectivity index (χ4v) is 3.43. The van der Waals surface area contributed by atoms with Crippen LogP contribution in [0.2, 0.25) is 0 Å². The number of halogens is 2. The van der Waals surface area contributed by atoms with Gasteiger partial charge in [0.15, 0.2) is 0 Å². The number of hydroxylamine groups is 1. The average molecular weight is 537 g/mol. The van der Waals surface area contributed by atoms with E-state index in [0.717, 1.165) is 21.4 Å². The molecule has 0 spiro atoms. The van der Waals surface area contributed by atoms with E-state index < -0.39 is 0 Å². The van der Waals surface area contributed by atoms with E-state index in [4.69, 9.17) is 4.84 Å². The highest BCUT2D eigenvalue weighted by molar-refractivity contribution is 14.1. The van der Waals surface area contributed by atoms with Crippen LogP contribution < -0.4 is 10.8 Å². The molecule has 2 N–H and O–H groups in total. The van der Waals surface area contributed by atoms with Gasteiger partial charge in [-0.05, 0) is 83.6 Å². The number of benzene rings is 3. The van der Waals surface area contributed by atoms with Gasteiger partial charge in [-0.25, -0.2) is 5.48 Å². The highest BCUT2D eigenvalue weighted by Crippen LogP contribution is 2.25. The van der Waals surface area contributed by atoms with E-state index in [2.05, 4.69) is 74.4 Å². The van der Waals surface area contributed by atoms with Gasteiger partial charge in [0.05, 0.1) is 0 Å². The third-order valence-electron chi connectivity index (χ3n) is 3.97. The zero-order valence-electron chi connectivity index (χ0n) is 14.6. The summed E-state index contributed by atoms with van der Waals surface area (Å²) in [5.74, 6) is -0.276. The Bertz CT molecular complexity index is 945. The van der Waals surface area contributed by atoms with Crippen molar-refractivity contribution in [3.05, 3.63) is 91.5 Å². The molecule has 0 aliphatic carbocycles. The van der Waals surface area contributed by atoms with E-state index in [1.54, 1.807) is 12.1 Å². The predicted octanol–water partition coefficient (Wildman–Crippen LogP) is 5.97. The van der Waals surface area contributed by atoms with Crippen LogP contribution in [-0.4, -0.2) is 5.91 Å². The topological polar surface area (TPSA) is 50.4 Å². The molecule has 3 aromatic rings.